The summed E-state index contributed by atoms with van der Waals surface area (Å²) in [6.07, 6.45) is 14.2. The van der Waals surface area contributed by atoms with Gasteiger partial charge in [-0.2, -0.15) is 0 Å². The monoisotopic (exact) mass is 491 g/mol. The van der Waals surface area contributed by atoms with E-state index in [1.54, 1.807) is 0 Å². The summed E-state index contributed by atoms with van der Waals surface area (Å²) in [5, 5.41) is 6.00. The van der Waals surface area contributed by atoms with Crippen molar-refractivity contribution in [3.05, 3.63) is 46.7 Å². The number of hydrogen-bond donors (Lipinski definition) is 2. The molecule has 0 fully saturated rings. The van der Waals surface area contributed by atoms with Gasteiger partial charge in [-0.15, -0.1) is 0 Å². The predicted molar refractivity (Wildman–Crippen MR) is 155 cm³/mol. The van der Waals surface area contributed by atoms with E-state index in [4.69, 9.17) is 0 Å². The molecule has 0 aromatic rings. The Kier molecular flexibility index (Phi) is 28.3. The number of hydrogen-bond acceptors (Lipinski definition) is 3. The van der Waals surface area contributed by atoms with Crippen molar-refractivity contribution in [1.29, 1.82) is 0 Å². The minimum atomic E-state index is -0.123. The third-order valence-corrected chi connectivity index (χ3v) is 5.06. The van der Waals surface area contributed by atoms with Crippen LogP contribution in [0.3, 0.4) is 0 Å². The molecule has 0 radical (unpaired) electrons. The van der Waals surface area contributed by atoms with Gasteiger partial charge in [0.15, 0.2) is 0 Å². The van der Waals surface area contributed by atoms with Crippen molar-refractivity contribution in [2.45, 2.75) is 107 Å². The van der Waals surface area contributed by atoms with Crippen molar-refractivity contribution in [2.75, 3.05) is 27.2 Å². The summed E-state index contributed by atoms with van der Waals surface area (Å²) in [5.74, 6) is -0.165. The van der Waals surface area contributed by atoms with Gasteiger partial charge in [-0.3, -0.25) is 9.59 Å². The van der Waals surface area contributed by atoms with E-state index in [1.165, 1.54) is 12.8 Å². The van der Waals surface area contributed by atoms with E-state index in [0.717, 1.165) is 37.0 Å². The van der Waals surface area contributed by atoms with Crippen molar-refractivity contribution in [3.8, 4) is 0 Å². The van der Waals surface area contributed by atoms with Crippen LogP contribution in [0.1, 0.15) is 107 Å². The quantitative estimate of drug-likeness (QED) is 0.143. The smallest absolute Gasteiger partial charge is 0.251 e. The summed E-state index contributed by atoms with van der Waals surface area (Å²) in [6.45, 7) is 19.6. The highest BCUT2D eigenvalue weighted by atomic mass is 16.2. The number of nitrogens with one attached hydrogen (secondary N) is 2. The second-order valence-corrected chi connectivity index (χ2v) is 8.15. The Balaban J connectivity index is -0.00000242. The van der Waals surface area contributed by atoms with Gasteiger partial charge in [0.1, 0.15) is 0 Å². The van der Waals surface area contributed by atoms with E-state index in [9.17, 15) is 9.59 Å². The van der Waals surface area contributed by atoms with Crippen molar-refractivity contribution in [2.24, 2.45) is 0 Å². The Bertz CT molecular complexity index is 671. The first-order valence-corrected chi connectivity index (χ1v) is 13.7. The Morgan fingerprint density at radius 3 is 1.89 bits per heavy atom. The molecule has 35 heavy (non-hydrogen) atoms. The van der Waals surface area contributed by atoms with Gasteiger partial charge in [0.05, 0.1) is 0 Å². The number of carbonyl (C=O) groups is 2. The first-order valence-electron chi connectivity index (χ1n) is 13.7. The molecule has 0 aliphatic carbocycles. The van der Waals surface area contributed by atoms with Crippen molar-refractivity contribution in [3.63, 3.8) is 0 Å². The maximum absolute atomic E-state index is 12.7. The second kappa shape index (κ2) is 26.5. The molecule has 0 unspecified atom stereocenters. The van der Waals surface area contributed by atoms with Crippen LogP contribution in [0.25, 0.3) is 0 Å². The molecular formula is C30H57N3O2. The molecule has 0 atom stereocenters. The first kappa shape index (κ1) is 37.4. The molecule has 0 aromatic heterocycles. The van der Waals surface area contributed by atoms with Crippen LogP contribution in [-0.4, -0.2) is 43.9 Å². The lowest BCUT2D eigenvalue weighted by atomic mass is 10.1. The molecule has 0 saturated heterocycles. The highest BCUT2D eigenvalue weighted by molar-refractivity contribution is 5.96. The van der Waals surface area contributed by atoms with Crippen molar-refractivity contribution in [1.82, 2.24) is 15.5 Å². The number of rotatable bonds is 15. The van der Waals surface area contributed by atoms with Crippen molar-refractivity contribution >= 4 is 11.8 Å². The van der Waals surface area contributed by atoms with E-state index in [1.807, 2.05) is 79.7 Å². The van der Waals surface area contributed by atoms with Gasteiger partial charge in [0, 0.05) is 23.4 Å². The fraction of sp³-hybridized carbons (Fsp3) is 0.667. The highest BCUT2D eigenvalue weighted by Gasteiger charge is 2.12. The summed E-state index contributed by atoms with van der Waals surface area (Å²) < 4.78 is 0. The molecule has 5 heteroatoms. The van der Waals surface area contributed by atoms with E-state index in [-0.39, 0.29) is 11.8 Å². The zero-order valence-electron chi connectivity index (χ0n) is 24.9. The topological polar surface area (TPSA) is 61.4 Å². The Hall–Kier alpha value is -2.14. The number of allylic oxidation sites excluding steroid dienone is 5. The fourth-order valence-electron chi connectivity index (χ4n) is 3.02. The summed E-state index contributed by atoms with van der Waals surface area (Å²) in [5.41, 5.74) is 3.14. The summed E-state index contributed by atoms with van der Waals surface area (Å²) in [4.78, 5) is 27.5. The van der Waals surface area contributed by atoms with Gasteiger partial charge in [-0.1, -0.05) is 84.6 Å². The average molecular weight is 492 g/mol. The molecule has 0 saturated carbocycles. The maximum atomic E-state index is 12.7. The molecule has 5 nitrogen and oxygen atoms in total. The van der Waals surface area contributed by atoms with Gasteiger partial charge in [0.2, 0.25) is 5.91 Å². The molecule has 0 spiro atoms. The Morgan fingerprint density at radius 2 is 1.40 bits per heavy atom. The predicted octanol–water partition coefficient (Wildman–Crippen LogP) is 7.33. The van der Waals surface area contributed by atoms with Gasteiger partial charge in [0.25, 0.3) is 5.91 Å². The molecule has 0 aliphatic rings. The number of carbonyl (C=O) groups excluding carboxylic acids is 2. The molecule has 0 aliphatic heterocycles. The Morgan fingerprint density at radius 1 is 0.800 bits per heavy atom. The van der Waals surface area contributed by atoms with Crippen LogP contribution in [0.2, 0.25) is 0 Å². The Labute approximate surface area is 218 Å². The van der Waals surface area contributed by atoms with Crippen LogP contribution in [0, 0.1) is 0 Å². The second-order valence-electron chi connectivity index (χ2n) is 8.15. The molecule has 0 aromatic carbocycles. The molecule has 2 amide bonds. The van der Waals surface area contributed by atoms with Crippen LogP contribution in [0.4, 0.5) is 0 Å². The molecular weight excluding hydrogens is 434 g/mol. The zero-order valence-corrected chi connectivity index (χ0v) is 24.9. The maximum Gasteiger partial charge on any atom is 0.251 e. The number of unbranched alkanes of at least 4 members (excludes halogenated alkanes) is 3. The standard InChI is InChI=1S/C26H45N3O2.2C2H6/c1-8-16-23(25(30)27-17-14-12-13-15-18-29(6)7)20-24(11-4)28-26(31)22(10-3)19-21(5)9-2;2*1-2/h9,11,19-20H,8,10,12-18H2,1-7H3,(H,27,30)(H,28,31);2*1-2H3/b21-9-,22-19+,23-20+,24-11+;;. The normalized spacial score (nSPS) is 12.3. The lowest BCUT2D eigenvalue weighted by Crippen LogP contribution is -2.28. The van der Waals surface area contributed by atoms with Gasteiger partial charge in [-0.25, -0.2) is 0 Å². The minimum absolute atomic E-state index is 0.0419. The molecule has 204 valence electrons. The van der Waals surface area contributed by atoms with Crippen LogP contribution >= 0.6 is 0 Å². The van der Waals surface area contributed by atoms with E-state index >= 15 is 0 Å². The van der Waals surface area contributed by atoms with Crippen LogP contribution in [-0.2, 0) is 9.59 Å². The zero-order chi connectivity index (χ0) is 27.6. The summed E-state index contributed by atoms with van der Waals surface area (Å²) in [6, 6.07) is 0. The molecule has 0 heterocycles. The average Bonchev–Trinajstić information content (AvgIpc) is 2.87. The SMILES string of the molecule is C/C=C(C)\C=C(/CC)C(=O)NC(=C/C)/C=C(\CCC)C(=O)NCCCCCCN(C)C.CC.CC. The highest BCUT2D eigenvalue weighted by Crippen LogP contribution is 2.12. The van der Waals surface area contributed by atoms with E-state index in [2.05, 4.69) is 36.6 Å². The summed E-state index contributed by atoms with van der Waals surface area (Å²) in [7, 11) is 4.18. The van der Waals surface area contributed by atoms with E-state index in [0.29, 0.717) is 30.7 Å². The minimum Gasteiger partial charge on any atom is -0.352 e. The van der Waals surface area contributed by atoms with Crippen molar-refractivity contribution < 1.29 is 9.59 Å². The van der Waals surface area contributed by atoms with Gasteiger partial charge >= 0.3 is 0 Å². The first-order chi connectivity index (χ1) is 16.8. The number of nitrogens with zero attached hydrogens (tertiary/aromatic N) is 1. The van der Waals surface area contributed by atoms with Gasteiger partial charge in [-0.05, 0) is 73.2 Å². The third kappa shape index (κ3) is 20.9. The van der Waals surface area contributed by atoms with Gasteiger partial charge < -0.3 is 15.5 Å². The number of amides is 2. The largest absolute Gasteiger partial charge is 0.352 e. The van der Waals surface area contributed by atoms with E-state index < -0.39 is 0 Å². The molecule has 0 bridgehead atoms. The lowest BCUT2D eigenvalue weighted by molar-refractivity contribution is -0.118. The molecule has 2 N–H and O–H groups in total. The third-order valence-electron chi connectivity index (χ3n) is 5.06. The fourth-order valence-corrected chi connectivity index (χ4v) is 3.02. The molecule has 0 rings (SSSR count). The van der Waals surface area contributed by atoms with Crippen LogP contribution in [0.15, 0.2) is 46.7 Å². The summed E-state index contributed by atoms with van der Waals surface area (Å²) >= 11 is 0. The lowest BCUT2D eigenvalue weighted by Gasteiger charge is -2.12. The van der Waals surface area contributed by atoms with Crippen LogP contribution in [0.5, 0.6) is 0 Å². The van der Waals surface area contributed by atoms with Crippen LogP contribution < -0.4 is 10.6 Å².